The van der Waals surface area contributed by atoms with Gasteiger partial charge in [0.2, 0.25) is 6.10 Å². The summed E-state index contributed by atoms with van der Waals surface area (Å²) in [5, 5.41) is 14.7. The summed E-state index contributed by atoms with van der Waals surface area (Å²) in [6.07, 6.45) is 0.810. The number of hydrogen-bond donors (Lipinski definition) is 2. The summed E-state index contributed by atoms with van der Waals surface area (Å²) < 4.78 is 5.53. The van der Waals surface area contributed by atoms with E-state index in [-0.39, 0.29) is 23.3 Å². The lowest BCUT2D eigenvalue weighted by Gasteiger charge is -2.18. The van der Waals surface area contributed by atoms with Crippen molar-refractivity contribution in [1.29, 1.82) is 0 Å². The van der Waals surface area contributed by atoms with Crippen LogP contribution < -0.4 is 5.32 Å². The van der Waals surface area contributed by atoms with E-state index in [1.165, 1.54) is 6.07 Å². The van der Waals surface area contributed by atoms with E-state index in [9.17, 15) is 14.7 Å². The lowest BCUT2D eigenvalue weighted by molar-refractivity contribution is -0.130. The normalized spacial score (nSPS) is 14.5. The summed E-state index contributed by atoms with van der Waals surface area (Å²) >= 11 is 0. The molecule has 3 aromatic rings. The highest BCUT2D eigenvalue weighted by atomic mass is 16.5. The van der Waals surface area contributed by atoms with Crippen LogP contribution in [-0.4, -0.2) is 23.0 Å². The minimum absolute atomic E-state index is 0.0360. The van der Waals surface area contributed by atoms with Gasteiger partial charge in [0.25, 0.3) is 5.91 Å². The van der Waals surface area contributed by atoms with Crippen LogP contribution in [0.3, 0.4) is 0 Å². The molecular weight excluding hydrogens is 342 g/mol. The molecule has 1 aliphatic carbocycles. The third kappa shape index (κ3) is 3.62. The van der Waals surface area contributed by atoms with Gasteiger partial charge in [0.1, 0.15) is 11.3 Å². The van der Waals surface area contributed by atoms with Crippen LogP contribution in [0.25, 0.3) is 10.8 Å². The Labute approximate surface area is 156 Å². The Hall–Kier alpha value is -3.34. The molecule has 0 spiro atoms. The zero-order valence-electron chi connectivity index (χ0n) is 14.6. The monoisotopic (exact) mass is 361 g/mol. The molecular formula is C22H19NO4. The highest BCUT2D eigenvalue weighted by Crippen LogP contribution is 2.31. The molecule has 5 heteroatoms. The summed E-state index contributed by atoms with van der Waals surface area (Å²) in [6.45, 7) is 0. The maximum atomic E-state index is 12.7. The quantitative estimate of drug-likeness (QED) is 0.679. The Morgan fingerprint density at radius 1 is 0.963 bits per heavy atom. The Morgan fingerprint density at radius 2 is 1.67 bits per heavy atom. The minimum atomic E-state index is -1.06. The third-order valence-electron chi connectivity index (χ3n) is 4.61. The van der Waals surface area contributed by atoms with Crippen LogP contribution in [0.5, 0.6) is 5.75 Å². The molecule has 4 rings (SSSR count). The molecule has 1 atom stereocenters. The van der Waals surface area contributed by atoms with Crippen LogP contribution in [0.4, 0.5) is 0 Å². The lowest BCUT2D eigenvalue weighted by Crippen LogP contribution is -2.33. The predicted molar refractivity (Wildman–Crippen MR) is 101 cm³/mol. The van der Waals surface area contributed by atoms with Crippen molar-refractivity contribution in [3.63, 3.8) is 0 Å². The van der Waals surface area contributed by atoms with Crippen molar-refractivity contribution in [2.75, 3.05) is 0 Å². The number of aromatic hydroxyl groups is 1. The van der Waals surface area contributed by atoms with Gasteiger partial charge in [0.05, 0.1) is 0 Å². The first-order valence-corrected chi connectivity index (χ1v) is 8.90. The molecule has 1 amide bonds. The number of carbonyl (C=O) groups is 2. The van der Waals surface area contributed by atoms with E-state index in [1.54, 1.807) is 42.5 Å². The Balaban J connectivity index is 1.63. The first-order valence-electron chi connectivity index (χ1n) is 8.90. The van der Waals surface area contributed by atoms with Gasteiger partial charge in [-0.15, -0.1) is 0 Å². The number of phenols is 1. The topological polar surface area (TPSA) is 75.6 Å². The molecule has 1 aliphatic rings. The molecule has 0 heterocycles. The minimum Gasteiger partial charge on any atom is -0.506 e. The van der Waals surface area contributed by atoms with Gasteiger partial charge in [0, 0.05) is 17.0 Å². The van der Waals surface area contributed by atoms with Crippen molar-refractivity contribution in [2.45, 2.75) is 25.0 Å². The van der Waals surface area contributed by atoms with Crippen molar-refractivity contribution >= 4 is 22.6 Å². The van der Waals surface area contributed by atoms with Gasteiger partial charge in [-0.25, -0.2) is 4.79 Å². The number of amides is 1. The molecule has 27 heavy (non-hydrogen) atoms. The second-order valence-corrected chi connectivity index (χ2v) is 6.66. The summed E-state index contributed by atoms with van der Waals surface area (Å²) in [4.78, 5) is 25.3. The fraction of sp³-hybridized carbons (Fsp3) is 0.182. The number of rotatable bonds is 5. The average molecular weight is 361 g/mol. The van der Waals surface area contributed by atoms with Gasteiger partial charge in [-0.1, -0.05) is 60.7 Å². The third-order valence-corrected chi connectivity index (χ3v) is 4.61. The van der Waals surface area contributed by atoms with Gasteiger partial charge < -0.3 is 15.2 Å². The molecule has 1 fully saturated rings. The zero-order valence-corrected chi connectivity index (χ0v) is 14.6. The summed E-state index contributed by atoms with van der Waals surface area (Å²) in [5.74, 6) is -1.23. The van der Waals surface area contributed by atoms with Gasteiger partial charge in [-0.3, -0.25) is 4.79 Å². The summed E-state index contributed by atoms with van der Waals surface area (Å²) in [6, 6.07) is 19.5. The highest BCUT2D eigenvalue weighted by molar-refractivity contribution is 6.02. The van der Waals surface area contributed by atoms with E-state index >= 15 is 0 Å². The zero-order chi connectivity index (χ0) is 18.8. The van der Waals surface area contributed by atoms with E-state index in [0.717, 1.165) is 18.2 Å². The van der Waals surface area contributed by atoms with E-state index in [4.69, 9.17) is 4.74 Å². The molecule has 0 aromatic heterocycles. The lowest BCUT2D eigenvalue weighted by atomic mass is 10.0. The van der Waals surface area contributed by atoms with Crippen LogP contribution in [0.15, 0.2) is 66.7 Å². The molecule has 0 aliphatic heterocycles. The number of phenolic OH excluding ortho intramolecular Hbond substituents is 1. The molecule has 0 saturated heterocycles. The smallest absolute Gasteiger partial charge is 0.343 e. The van der Waals surface area contributed by atoms with E-state index in [1.807, 2.05) is 18.2 Å². The van der Waals surface area contributed by atoms with Gasteiger partial charge >= 0.3 is 5.97 Å². The van der Waals surface area contributed by atoms with Gasteiger partial charge in [0.15, 0.2) is 0 Å². The number of benzene rings is 3. The first-order chi connectivity index (χ1) is 13.1. The number of ether oxygens (including phenoxy) is 1. The van der Waals surface area contributed by atoms with Crippen LogP contribution in [0, 0.1) is 0 Å². The van der Waals surface area contributed by atoms with E-state index < -0.39 is 12.1 Å². The largest absolute Gasteiger partial charge is 0.506 e. The SMILES string of the molecule is O=C(O[C@@H](C(=O)NC1CC1)c1ccccc1)c1ccc2ccccc2c1O. The standard InChI is InChI=1S/C22H19NO4/c24-19-17-9-5-4-6-14(17)10-13-18(19)22(26)27-20(15-7-2-1-3-8-15)21(25)23-16-11-12-16/h1-10,13,16,20,24H,11-12H2,(H,23,25)/t20-/m1/s1. The van der Waals surface area contributed by atoms with Gasteiger partial charge in [-0.2, -0.15) is 0 Å². The number of esters is 1. The highest BCUT2D eigenvalue weighted by Gasteiger charge is 2.31. The number of fused-ring (bicyclic) bond motifs is 1. The second kappa shape index (κ2) is 7.11. The number of nitrogens with one attached hydrogen (secondary N) is 1. The molecule has 136 valence electrons. The Bertz CT molecular complexity index is 996. The van der Waals surface area contributed by atoms with Crippen LogP contribution in [0.2, 0.25) is 0 Å². The molecule has 0 bridgehead atoms. The fourth-order valence-corrected chi connectivity index (χ4v) is 3.00. The number of carbonyl (C=O) groups excluding carboxylic acids is 2. The molecule has 0 radical (unpaired) electrons. The van der Waals surface area contributed by atoms with Crippen LogP contribution in [-0.2, 0) is 9.53 Å². The molecule has 5 nitrogen and oxygen atoms in total. The Kier molecular flexibility index (Phi) is 4.50. The van der Waals surface area contributed by atoms with E-state index in [2.05, 4.69) is 5.32 Å². The molecule has 0 unspecified atom stereocenters. The van der Waals surface area contributed by atoms with Crippen molar-refractivity contribution in [1.82, 2.24) is 5.32 Å². The maximum Gasteiger partial charge on any atom is 0.343 e. The first kappa shape index (κ1) is 17.1. The summed E-state index contributed by atoms with van der Waals surface area (Å²) in [5.41, 5.74) is 0.623. The molecule has 2 N–H and O–H groups in total. The van der Waals surface area contributed by atoms with Crippen molar-refractivity contribution in [3.05, 3.63) is 77.9 Å². The van der Waals surface area contributed by atoms with Crippen molar-refractivity contribution < 1.29 is 19.4 Å². The molecule has 1 saturated carbocycles. The predicted octanol–water partition coefficient (Wildman–Crippen LogP) is 3.72. The van der Waals surface area contributed by atoms with Crippen LogP contribution >= 0.6 is 0 Å². The van der Waals surface area contributed by atoms with Crippen molar-refractivity contribution in [3.8, 4) is 5.75 Å². The Morgan fingerprint density at radius 3 is 2.41 bits per heavy atom. The van der Waals surface area contributed by atoms with E-state index in [0.29, 0.717) is 10.9 Å². The second-order valence-electron chi connectivity index (χ2n) is 6.66. The van der Waals surface area contributed by atoms with Crippen molar-refractivity contribution in [2.24, 2.45) is 0 Å². The average Bonchev–Trinajstić information content (AvgIpc) is 3.51. The fourth-order valence-electron chi connectivity index (χ4n) is 3.00. The van der Waals surface area contributed by atoms with Gasteiger partial charge in [-0.05, 0) is 24.3 Å². The summed E-state index contributed by atoms with van der Waals surface area (Å²) in [7, 11) is 0. The molecule has 3 aromatic carbocycles. The van der Waals surface area contributed by atoms with Crippen LogP contribution in [0.1, 0.15) is 34.9 Å². The maximum absolute atomic E-state index is 12.7. The number of hydrogen-bond acceptors (Lipinski definition) is 4.